The number of nitrogens with one attached hydrogen (secondary N) is 1. The minimum Gasteiger partial charge on any atom is -0.497 e. The van der Waals surface area contributed by atoms with Crippen molar-refractivity contribution in [2.75, 3.05) is 7.11 Å². The van der Waals surface area contributed by atoms with E-state index in [1.54, 1.807) is 48.9 Å². The molecule has 1 unspecified atom stereocenters. The molecular weight excluding hydrogens is 338 g/mol. The van der Waals surface area contributed by atoms with Gasteiger partial charge in [-0.25, -0.2) is 4.79 Å². The number of benzene rings is 1. The van der Waals surface area contributed by atoms with Gasteiger partial charge in [-0.3, -0.25) is 4.79 Å². The lowest BCUT2D eigenvalue weighted by Gasteiger charge is -2.27. The number of thiophene rings is 1. The standard InChI is InChI=1S/C19H23NO4S/c1-5-19(2,3)20-17(21)16(13-8-10-14(23-4)11-9-13)24-18(22)15-7-6-12-25-15/h6-12,16H,5H2,1-4H3,(H,20,21). The minimum absolute atomic E-state index is 0.345. The summed E-state index contributed by atoms with van der Waals surface area (Å²) in [7, 11) is 1.57. The lowest BCUT2D eigenvalue weighted by Crippen LogP contribution is -2.45. The second kappa shape index (κ2) is 8.16. The molecule has 0 saturated heterocycles. The van der Waals surface area contributed by atoms with Gasteiger partial charge in [-0.15, -0.1) is 11.3 Å². The van der Waals surface area contributed by atoms with Crippen molar-refractivity contribution in [1.82, 2.24) is 5.32 Å². The lowest BCUT2D eigenvalue weighted by atomic mass is 10.0. The Morgan fingerprint density at radius 2 is 1.88 bits per heavy atom. The van der Waals surface area contributed by atoms with Crippen molar-refractivity contribution < 1.29 is 19.1 Å². The van der Waals surface area contributed by atoms with E-state index in [1.807, 2.05) is 20.8 Å². The van der Waals surface area contributed by atoms with Gasteiger partial charge in [0.05, 0.1) is 7.11 Å². The number of carbonyl (C=O) groups excluding carboxylic acids is 2. The van der Waals surface area contributed by atoms with Crippen molar-refractivity contribution in [3.8, 4) is 5.75 Å². The maximum absolute atomic E-state index is 12.8. The van der Waals surface area contributed by atoms with E-state index in [-0.39, 0.29) is 5.91 Å². The molecular formula is C19H23NO4S. The van der Waals surface area contributed by atoms with Crippen LogP contribution in [0.4, 0.5) is 0 Å². The minimum atomic E-state index is -1.02. The number of amides is 1. The number of hydrogen-bond donors (Lipinski definition) is 1. The van der Waals surface area contributed by atoms with Crippen LogP contribution >= 0.6 is 11.3 Å². The Labute approximate surface area is 152 Å². The van der Waals surface area contributed by atoms with E-state index in [0.29, 0.717) is 16.2 Å². The quantitative estimate of drug-likeness (QED) is 0.758. The van der Waals surface area contributed by atoms with Crippen molar-refractivity contribution in [3.63, 3.8) is 0 Å². The largest absolute Gasteiger partial charge is 0.497 e. The maximum atomic E-state index is 12.8. The average Bonchev–Trinajstić information content (AvgIpc) is 3.14. The Kier molecular flexibility index (Phi) is 6.20. The van der Waals surface area contributed by atoms with E-state index in [0.717, 1.165) is 6.42 Å². The van der Waals surface area contributed by atoms with Crippen LogP contribution in [0, 0.1) is 0 Å². The molecule has 1 aromatic carbocycles. The summed E-state index contributed by atoms with van der Waals surface area (Å²) < 4.78 is 10.7. The van der Waals surface area contributed by atoms with Crippen LogP contribution in [0.3, 0.4) is 0 Å². The predicted octanol–water partition coefficient (Wildman–Crippen LogP) is 3.96. The molecule has 0 aliphatic heterocycles. The SMILES string of the molecule is CCC(C)(C)NC(=O)C(OC(=O)c1cccs1)c1ccc(OC)cc1. The van der Waals surface area contributed by atoms with Gasteiger partial charge in [0.1, 0.15) is 10.6 Å². The summed E-state index contributed by atoms with van der Waals surface area (Å²) in [4.78, 5) is 25.6. The topological polar surface area (TPSA) is 64.6 Å². The smallest absolute Gasteiger partial charge is 0.349 e. The van der Waals surface area contributed by atoms with Gasteiger partial charge in [0, 0.05) is 11.1 Å². The van der Waals surface area contributed by atoms with Gasteiger partial charge < -0.3 is 14.8 Å². The zero-order chi connectivity index (χ0) is 18.4. The molecule has 134 valence electrons. The summed E-state index contributed by atoms with van der Waals surface area (Å²) in [5, 5.41) is 4.73. The molecule has 0 aliphatic carbocycles. The van der Waals surface area contributed by atoms with E-state index in [4.69, 9.17) is 9.47 Å². The highest BCUT2D eigenvalue weighted by atomic mass is 32.1. The van der Waals surface area contributed by atoms with Crippen molar-refractivity contribution in [2.45, 2.75) is 38.8 Å². The van der Waals surface area contributed by atoms with Gasteiger partial charge in [0.2, 0.25) is 6.10 Å². The highest BCUT2D eigenvalue weighted by Gasteiger charge is 2.29. The zero-order valence-electron chi connectivity index (χ0n) is 14.9. The monoisotopic (exact) mass is 361 g/mol. The van der Waals surface area contributed by atoms with E-state index in [2.05, 4.69) is 5.32 Å². The van der Waals surface area contributed by atoms with Crippen molar-refractivity contribution in [1.29, 1.82) is 0 Å². The molecule has 0 saturated carbocycles. The van der Waals surface area contributed by atoms with Crippen LogP contribution < -0.4 is 10.1 Å². The van der Waals surface area contributed by atoms with Gasteiger partial charge in [0.25, 0.3) is 5.91 Å². The summed E-state index contributed by atoms with van der Waals surface area (Å²) in [5.74, 6) is -0.191. The van der Waals surface area contributed by atoms with Crippen molar-refractivity contribution >= 4 is 23.2 Å². The molecule has 6 heteroatoms. The first-order chi connectivity index (χ1) is 11.9. The van der Waals surface area contributed by atoms with E-state index in [1.165, 1.54) is 11.3 Å². The van der Waals surface area contributed by atoms with Crippen molar-refractivity contribution in [2.24, 2.45) is 0 Å². The van der Waals surface area contributed by atoms with Crippen LogP contribution in [-0.2, 0) is 9.53 Å². The summed E-state index contributed by atoms with van der Waals surface area (Å²) in [6, 6.07) is 10.4. The fourth-order valence-electron chi connectivity index (χ4n) is 2.10. The predicted molar refractivity (Wildman–Crippen MR) is 98.0 cm³/mol. The Bertz CT molecular complexity index is 708. The molecule has 0 aliphatic rings. The molecule has 2 rings (SSSR count). The first kappa shape index (κ1) is 19.0. The molecule has 0 fully saturated rings. The third-order valence-corrected chi connectivity index (χ3v) is 4.80. The van der Waals surface area contributed by atoms with Crippen LogP contribution in [0.1, 0.15) is 48.5 Å². The second-order valence-electron chi connectivity index (χ2n) is 6.26. The molecule has 1 heterocycles. The van der Waals surface area contributed by atoms with Gasteiger partial charge >= 0.3 is 5.97 Å². The molecule has 1 N–H and O–H groups in total. The van der Waals surface area contributed by atoms with E-state index < -0.39 is 17.6 Å². The van der Waals surface area contributed by atoms with Gasteiger partial charge in [-0.2, -0.15) is 0 Å². The maximum Gasteiger partial charge on any atom is 0.349 e. The van der Waals surface area contributed by atoms with Crippen LogP contribution in [0.2, 0.25) is 0 Å². The van der Waals surface area contributed by atoms with Gasteiger partial charge in [0.15, 0.2) is 0 Å². The molecule has 25 heavy (non-hydrogen) atoms. The first-order valence-corrected chi connectivity index (χ1v) is 8.94. The summed E-state index contributed by atoms with van der Waals surface area (Å²) in [5.41, 5.74) is 0.201. The van der Waals surface area contributed by atoms with Gasteiger partial charge in [-0.05, 0) is 43.8 Å². The number of methoxy groups -OCH3 is 1. The third-order valence-electron chi connectivity index (χ3n) is 3.95. The number of hydrogen-bond acceptors (Lipinski definition) is 5. The highest BCUT2D eigenvalue weighted by Crippen LogP contribution is 2.24. The van der Waals surface area contributed by atoms with Crippen LogP contribution in [0.5, 0.6) is 5.75 Å². The first-order valence-electron chi connectivity index (χ1n) is 8.06. The Hall–Kier alpha value is -2.34. The summed E-state index contributed by atoms with van der Waals surface area (Å²) >= 11 is 1.28. The molecule has 0 radical (unpaired) electrons. The van der Waals surface area contributed by atoms with E-state index in [9.17, 15) is 9.59 Å². The van der Waals surface area contributed by atoms with E-state index >= 15 is 0 Å². The number of carbonyl (C=O) groups is 2. The van der Waals surface area contributed by atoms with Crippen molar-refractivity contribution in [3.05, 3.63) is 52.2 Å². The molecule has 5 nitrogen and oxygen atoms in total. The van der Waals surface area contributed by atoms with Crippen LogP contribution in [0.15, 0.2) is 41.8 Å². The summed E-state index contributed by atoms with van der Waals surface area (Å²) in [6.07, 6.45) is -0.265. The molecule has 1 atom stereocenters. The summed E-state index contributed by atoms with van der Waals surface area (Å²) in [6.45, 7) is 5.84. The van der Waals surface area contributed by atoms with Gasteiger partial charge in [-0.1, -0.05) is 25.1 Å². The zero-order valence-corrected chi connectivity index (χ0v) is 15.7. The Balaban J connectivity index is 2.26. The molecule has 0 bridgehead atoms. The second-order valence-corrected chi connectivity index (χ2v) is 7.21. The average molecular weight is 361 g/mol. The fraction of sp³-hybridized carbons (Fsp3) is 0.368. The number of rotatable bonds is 7. The third kappa shape index (κ3) is 5.06. The normalized spacial score (nSPS) is 12.3. The molecule has 1 amide bonds. The lowest BCUT2D eigenvalue weighted by molar-refractivity contribution is -0.132. The van der Waals surface area contributed by atoms with Crippen LogP contribution in [0.25, 0.3) is 0 Å². The van der Waals surface area contributed by atoms with Crippen LogP contribution in [-0.4, -0.2) is 24.5 Å². The molecule has 1 aromatic heterocycles. The Morgan fingerprint density at radius 3 is 2.40 bits per heavy atom. The number of ether oxygens (including phenoxy) is 2. The molecule has 2 aromatic rings. The number of esters is 1. The highest BCUT2D eigenvalue weighted by molar-refractivity contribution is 7.11. The Morgan fingerprint density at radius 1 is 1.20 bits per heavy atom. The molecule has 0 spiro atoms. The fourth-order valence-corrected chi connectivity index (χ4v) is 2.70.